The highest BCUT2D eigenvalue weighted by Crippen LogP contribution is 2.33. The molecule has 3 fully saturated rings. The van der Waals surface area contributed by atoms with E-state index in [0.29, 0.717) is 37.9 Å². The Bertz CT molecular complexity index is 617. The fourth-order valence-electron chi connectivity index (χ4n) is 4.25. The zero-order valence-electron chi connectivity index (χ0n) is 14.0. The maximum Gasteiger partial charge on any atom is 0.254 e. The predicted molar refractivity (Wildman–Crippen MR) is 91.9 cm³/mol. The highest BCUT2D eigenvalue weighted by Gasteiger charge is 2.47. The van der Waals surface area contributed by atoms with Crippen molar-refractivity contribution in [2.45, 2.75) is 43.7 Å². The van der Waals surface area contributed by atoms with Crippen molar-refractivity contribution in [2.24, 2.45) is 11.7 Å². The second kappa shape index (κ2) is 6.33. The average Bonchev–Trinajstić information content (AvgIpc) is 3.21. The molecule has 24 heavy (non-hydrogen) atoms. The number of nitrogens with zero attached hydrogens (tertiary/aromatic N) is 2. The zero-order chi connectivity index (χ0) is 16.6. The molecular weight excluding hydrogens is 304 g/mol. The zero-order valence-corrected chi connectivity index (χ0v) is 14.0. The monoisotopic (exact) mass is 330 g/mol. The first-order valence-electron chi connectivity index (χ1n) is 9.02. The van der Waals surface area contributed by atoms with Crippen LogP contribution in [0.2, 0.25) is 0 Å². The molecule has 0 unspecified atom stereocenters. The standard InChI is InChI=1S/C18H26N4O2/c19-18-6-8-24-11-14(18)10-22(12-18)17(23)13-5-7-20-16(9-13)21-15-3-1-2-4-15/h5,7,9,14-15H,1-4,6,8,10-12,19H2,(H,20,21)/t14-,18+/m0/s1. The third-order valence-electron chi connectivity index (χ3n) is 5.77. The molecule has 2 aliphatic heterocycles. The lowest BCUT2D eigenvalue weighted by atomic mass is 9.84. The van der Waals surface area contributed by atoms with Gasteiger partial charge in [-0.3, -0.25) is 4.79 Å². The fraction of sp³-hybridized carbons (Fsp3) is 0.667. The number of aromatic nitrogens is 1. The molecule has 1 aromatic heterocycles. The third kappa shape index (κ3) is 3.00. The van der Waals surface area contributed by atoms with Gasteiger partial charge in [0, 0.05) is 49.0 Å². The lowest BCUT2D eigenvalue weighted by Crippen LogP contribution is -2.52. The summed E-state index contributed by atoms with van der Waals surface area (Å²) in [7, 11) is 0. The van der Waals surface area contributed by atoms with E-state index < -0.39 is 0 Å². The largest absolute Gasteiger partial charge is 0.381 e. The Labute approximate surface area is 142 Å². The van der Waals surface area contributed by atoms with E-state index in [-0.39, 0.29) is 17.4 Å². The van der Waals surface area contributed by atoms with Crippen LogP contribution in [0.4, 0.5) is 5.82 Å². The number of nitrogens with one attached hydrogen (secondary N) is 1. The first-order chi connectivity index (χ1) is 11.6. The van der Waals surface area contributed by atoms with Gasteiger partial charge in [0.2, 0.25) is 0 Å². The van der Waals surface area contributed by atoms with Gasteiger partial charge in [0.15, 0.2) is 0 Å². The van der Waals surface area contributed by atoms with Crippen LogP contribution in [-0.4, -0.2) is 53.7 Å². The topological polar surface area (TPSA) is 80.5 Å². The third-order valence-corrected chi connectivity index (χ3v) is 5.77. The van der Waals surface area contributed by atoms with Crippen LogP contribution in [0.5, 0.6) is 0 Å². The normalized spacial score (nSPS) is 30.4. The van der Waals surface area contributed by atoms with Crippen LogP contribution in [0.3, 0.4) is 0 Å². The molecule has 6 nitrogen and oxygen atoms in total. The van der Waals surface area contributed by atoms with Gasteiger partial charge in [-0.25, -0.2) is 4.98 Å². The summed E-state index contributed by atoms with van der Waals surface area (Å²) in [5, 5.41) is 3.46. The first kappa shape index (κ1) is 15.8. The van der Waals surface area contributed by atoms with E-state index in [4.69, 9.17) is 10.5 Å². The van der Waals surface area contributed by atoms with E-state index >= 15 is 0 Å². The fourth-order valence-corrected chi connectivity index (χ4v) is 4.25. The first-order valence-corrected chi connectivity index (χ1v) is 9.02. The summed E-state index contributed by atoms with van der Waals surface area (Å²) < 4.78 is 5.54. The molecule has 1 aliphatic carbocycles. The number of likely N-dealkylation sites (tertiary alicyclic amines) is 1. The summed E-state index contributed by atoms with van der Waals surface area (Å²) in [6.07, 6.45) is 7.45. The summed E-state index contributed by atoms with van der Waals surface area (Å²) in [5.74, 6) is 1.09. The molecule has 2 saturated heterocycles. The molecule has 1 saturated carbocycles. The van der Waals surface area contributed by atoms with Crippen LogP contribution in [0, 0.1) is 5.92 Å². The molecule has 3 N–H and O–H groups in total. The highest BCUT2D eigenvalue weighted by molar-refractivity contribution is 5.95. The summed E-state index contributed by atoms with van der Waals surface area (Å²) in [5.41, 5.74) is 6.91. The van der Waals surface area contributed by atoms with Crippen molar-refractivity contribution in [3.05, 3.63) is 23.9 Å². The number of hydrogen-bond acceptors (Lipinski definition) is 5. The van der Waals surface area contributed by atoms with Crippen molar-refractivity contribution >= 4 is 11.7 Å². The lowest BCUT2D eigenvalue weighted by molar-refractivity contribution is 0.0241. The van der Waals surface area contributed by atoms with Crippen molar-refractivity contribution in [3.8, 4) is 0 Å². The summed E-state index contributed by atoms with van der Waals surface area (Å²) in [6.45, 7) is 2.65. The number of fused-ring (bicyclic) bond motifs is 1. The van der Waals surface area contributed by atoms with Crippen LogP contribution in [0.15, 0.2) is 18.3 Å². The van der Waals surface area contributed by atoms with E-state index in [0.717, 1.165) is 12.2 Å². The molecule has 0 spiro atoms. The SMILES string of the molecule is N[C@@]12CCOC[C@@H]1CN(C(=O)c1ccnc(NC3CCCC3)c1)C2. The molecule has 0 aromatic carbocycles. The minimum atomic E-state index is -0.286. The number of hydrogen-bond donors (Lipinski definition) is 2. The van der Waals surface area contributed by atoms with Crippen LogP contribution >= 0.6 is 0 Å². The highest BCUT2D eigenvalue weighted by atomic mass is 16.5. The summed E-state index contributed by atoms with van der Waals surface area (Å²) in [4.78, 5) is 19.2. The Balaban J connectivity index is 1.46. The van der Waals surface area contributed by atoms with Gasteiger partial charge in [-0.15, -0.1) is 0 Å². The van der Waals surface area contributed by atoms with Crippen molar-refractivity contribution in [1.82, 2.24) is 9.88 Å². The van der Waals surface area contributed by atoms with Crippen LogP contribution in [0.1, 0.15) is 42.5 Å². The Morgan fingerprint density at radius 2 is 2.25 bits per heavy atom. The van der Waals surface area contributed by atoms with Gasteiger partial charge >= 0.3 is 0 Å². The van der Waals surface area contributed by atoms with E-state index in [1.807, 2.05) is 11.0 Å². The van der Waals surface area contributed by atoms with Gasteiger partial charge < -0.3 is 20.7 Å². The number of rotatable bonds is 3. The Morgan fingerprint density at radius 3 is 3.04 bits per heavy atom. The molecule has 3 heterocycles. The van der Waals surface area contributed by atoms with Crippen molar-refractivity contribution in [1.29, 1.82) is 0 Å². The van der Waals surface area contributed by atoms with Gasteiger partial charge in [0.25, 0.3) is 5.91 Å². The van der Waals surface area contributed by atoms with Gasteiger partial charge in [-0.05, 0) is 31.4 Å². The smallest absolute Gasteiger partial charge is 0.254 e. The Hall–Kier alpha value is -1.66. The molecule has 6 heteroatoms. The van der Waals surface area contributed by atoms with Crippen LogP contribution < -0.4 is 11.1 Å². The molecule has 4 rings (SSSR count). The Kier molecular flexibility index (Phi) is 4.18. The van der Waals surface area contributed by atoms with E-state index in [9.17, 15) is 4.79 Å². The minimum Gasteiger partial charge on any atom is -0.381 e. The second-order valence-corrected chi connectivity index (χ2v) is 7.50. The Morgan fingerprint density at radius 1 is 1.42 bits per heavy atom. The molecule has 2 atom stereocenters. The predicted octanol–water partition coefficient (Wildman–Crippen LogP) is 1.63. The van der Waals surface area contributed by atoms with Crippen molar-refractivity contribution < 1.29 is 9.53 Å². The van der Waals surface area contributed by atoms with Crippen LogP contribution in [-0.2, 0) is 4.74 Å². The molecule has 130 valence electrons. The number of carbonyl (C=O) groups is 1. The van der Waals surface area contributed by atoms with E-state index in [2.05, 4.69) is 10.3 Å². The molecule has 1 aromatic rings. The molecule has 0 bridgehead atoms. The summed E-state index contributed by atoms with van der Waals surface area (Å²) in [6, 6.07) is 4.16. The number of nitrogens with two attached hydrogens (primary N) is 1. The van der Waals surface area contributed by atoms with Gasteiger partial charge in [0.1, 0.15) is 5.82 Å². The summed E-state index contributed by atoms with van der Waals surface area (Å²) >= 11 is 0. The van der Waals surface area contributed by atoms with Crippen molar-refractivity contribution in [2.75, 3.05) is 31.6 Å². The molecule has 3 aliphatic rings. The van der Waals surface area contributed by atoms with E-state index in [1.54, 1.807) is 12.3 Å². The average molecular weight is 330 g/mol. The quantitative estimate of drug-likeness (QED) is 0.880. The number of carbonyl (C=O) groups excluding carboxylic acids is 1. The van der Waals surface area contributed by atoms with Crippen LogP contribution in [0.25, 0.3) is 0 Å². The maximum absolute atomic E-state index is 12.9. The van der Waals surface area contributed by atoms with Gasteiger partial charge in [-0.2, -0.15) is 0 Å². The molecule has 0 radical (unpaired) electrons. The van der Waals surface area contributed by atoms with E-state index in [1.165, 1.54) is 25.7 Å². The van der Waals surface area contributed by atoms with Crippen molar-refractivity contribution in [3.63, 3.8) is 0 Å². The minimum absolute atomic E-state index is 0.0473. The lowest BCUT2D eigenvalue weighted by Gasteiger charge is -2.34. The number of ether oxygens (including phenoxy) is 1. The van der Waals surface area contributed by atoms with Gasteiger partial charge in [-0.1, -0.05) is 12.8 Å². The molecular formula is C18H26N4O2. The maximum atomic E-state index is 12.9. The number of pyridine rings is 1. The second-order valence-electron chi connectivity index (χ2n) is 7.50. The number of amides is 1. The van der Waals surface area contributed by atoms with Gasteiger partial charge in [0.05, 0.1) is 6.61 Å². The number of anilines is 1. The molecule has 1 amide bonds.